The van der Waals surface area contributed by atoms with Crippen molar-refractivity contribution in [2.45, 2.75) is 25.3 Å². The van der Waals surface area contributed by atoms with Crippen LogP contribution < -0.4 is 11.3 Å². The van der Waals surface area contributed by atoms with Crippen LogP contribution in [0.3, 0.4) is 0 Å². The Balaban J connectivity index is 3.47. The first kappa shape index (κ1) is 11.4. The second-order valence-corrected chi connectivity index (χ2v) is 3.22. The number of nitrogens with one attached hydrogen (secondary N) is 1. The smallest absolute Gasteiger partial charge is 0.0337 e. The van der Waals surface area contributed by atoms with Crippen LogP contribution in [-0.4, -0.2) is 31.6 Å². The summed E-state index contributed by atoms with van der Waals surface area (Å²) in [6.07, 6.45) is 8.07. The molecule has 0 aliphatic rings. The molecule has 3 heteroatoms. The first-order valence-corrected chi connectivity index (χ1v) is 4.25. The van der Waals surface area contributed by atoms with Gasteiger partial charge in [-0.1, -0.05) is 0 Å². The van der Waals surface area contributed by atoms with Gasteiger partial charge in [0.15, 0.2) is 0 Å². The molecule has 0 fully saturated rings. The SMILES string of the molecule is C#CCCCC(CN(C)C)NN. The molecular formula is C9H19N3. The third kappa shape index (κ3) is 6.17. The van der Waals surface area contributed by atoms with Crippen LogP contribution in [0.15, 0.2) is 0 Å². The number of hydrazine groups is 1. The number of nitrogens with zero attached hydrogens (tertiary/aromatic N) is 1. The Hall–Kier alpha value is -0.560. The van der Waals surface area contributed by atoms with Crippen molar-refractivity contribution in [3.63, 3.8) is 0 Å². The molecule has 0 saturated carbocycles. The summed E-state index contributed by atoms with van der Waals surface area (Å²) in [6, 6.07) is 0.355. The minimum atomic E-state index is 0.355. The molecule has 70 valence electrons. The zero-order valence-corrected chi connectivity index (χ0v) is 8.01. The second kappa shape index (κ2) is 7.11. The van der Waals surface area contributed by atoms with Crippen LogP contribution in [0, 0.1) is 12.3 Å². The fourth-order valence-electron chi connectivity index (χ4n) is 1.12. The van der Waals surface area contributed by atoms with Crippen LogP contribution in [0.2, 0.25) is 0 Å². The highest BCUT2D eigenvalue weighted by Gasteiger charge is 2.05. The maximum Gasteiger partial charge on any atom is 0.0337 e. The van der Waals surface area contributed by atoms with Crippen molar-refractivity contribution in [2.75, 3.05) is 20.6 Å². The summed E-state index contributed by atoms with van der Waals surface area (Å²) in [4.78, 5) is 2.11. The predicted octanol–water partition coefficient (Wildman–Crippen LogP) is 0.183. The summed E-state index contributed by atoms with van der Waals surface area (Å²) in [5.41, 5.74) is 2.78. The number of terminal acetylenes is 1. The van der Waals surface area contributed by atoms with E-state index in [9.17, 15) is 0 Å². The summed E-state index contributed by atoms with van der Waals surface area (Å²) in [5.74, 6) is 7.99. The number of rotatable bonds is 6. The van der Waals surface area contributed by atoms with Crippen LogP contribution in [0.1, 0.15) is 19.3 Å². The van der Waals surface area contributed by atoms with Crippen molar-refractivity contribution in [3.05, 3.63) is 0 Å². The summed E-state index contributed by atoms with van der Waals surface area (Å²) in [7, 11) is 4.07. The van der Waals surface area contributed by atoms with Gasteiger partial charge in [-0.05, 0) is 26.9 Å². The lowest BCUT2D eigenvalue weighted by atomic mass is 10.1. The molecule has 0 saturated heterocycles. The molecule has 12 heavy (non-hydrogen) atoms. The van der Waals surface area contributed by atoms with E-state index >= 15 is 0 Å². The number of nitrogens with two attached hydrogens (primary N) is 1. The number of hydrogen-bond acceptors (Lipinski definition) is 3. The minimum absolute atomic E-state index is 0.355. The van der Waals surface area contributed by atoms with Crippen molar-refractivity contribution >= 4 is 0 Å². The van der Waals surface area contributed by atoms with Gasteiger partial charge in [0.25, 0.3) is 0 Å². The number of likely N-dealkylation sites (N-methyl/N-ethyl adjacent to an activating group) is 1. The van der Waals surface area contributed by atoms with Gasteiger partial charge in [0.2, 0.25) is 0 Å². The van der Waals surface area contributed by atoms with Gasteiger partial charge in [-0.25, -0.2) is 0 Å². The van der Waals surface area contributed by atoms with E-state index in [0.717, 1.165) is 25.8 Å². The summed E-state index contributed by atoms with van der Waals surface area (Å²) >= 11 is 0. The van der Waals surface area contributed by atoms with Crippen LogP contribution >= 0.6 is 0 Å². The Kier molecular flexibility index (Phi) is 6.78. The molecule has 0 spiro atoms. The monoisotopic (exact) mass is 169 g/mol. The lowest BCUT2D eigenvalue weighted by molar-refractivity contribution is 0.326. The molecule has 1 unspecified atom stereocenters. The number of hydrogen-bond donors (Lipinski definition) is 2. The lowest BCUT2D eigenvalue weighted by Crippen LogP contribution is -2.42. The van der Waals surface area contributed by atoms with Gasteiger partial charge in [0.1, 0.15) is 0 Å². The highest BCUT2D eigenvalue weighted by Crippen LogP contribution is 2.00. The van der Waals surface area contributed by atoms with Gasteiger partial charge in [-0.2, -0.15) is 0 Å². The van der Waals surface area contributed by atoms with Gasteiger partial charge >= 0.3 is 0 Å². The summed E-state index contributed by atoms with van der Waals surface area (Å²) in [5, 5.41) is 0. The van der Waals surface area contributed by atoms with Crippen LogP contribution in [-0.2, 0) is 0 Å². The highest BCUT2D eigenvalue weighted by atomic mass is 15.3. The van der Waals surface area contributed by atoms with E-state index in [2.05, 4.69) is 16.2 Å². The molecule has 0 aliphatic heterocycles. The average Bonchev–Trinajstić information content (AvgIpc) is 2.02. The largest absolute Gasteiger partial charge is 0.308 e. The van der Waals surface area contributed by atoms with E-state index in [4.69, 9.17) is 12.3 Å². The van der Waals surface area contributed by atoms with Crippen molar-refractivity contribution in [1.29, 1.82) is 0 Å². The molecule has 0 aromatic heterocycles. The Morgan fingerprint density at radius 2 is 2.25 bits per heavy atom. The van der Waals surface area contributed by atoms with Crippen LogP contribution in [0.5, 0.6) is 0 Å². The molecule has 3 nitrogen and oxygen atoms in total. The number of unbranched alkanes of at least 4 members (excludes halogenated alkanes) is 1. The molecular weight excluding hydrogens is 150 g/mol. The molecule has 0 bridgehead atoms. The maximum absolute atomic E-state index is 5.37. The third-order valence-corrected chi connectivity index (χ3v) is 1.69. The highest BCUT2D eigenvalue weighted by molar-refractivity contribution is 4.83. The van der Waals surface area contributed by atoms with Gasteiger partial charge < -0.3 is 4.90 Å². The normalized spacial score (nSPS) is 12.9. The van der Waals surface area contributed by atoms with Crippen LogP contribution in [0.25, 0.3) is 0 Å². The zero-order chi connectivity index (χ0) is 9.40. The van der Waals surface area contributed by atoms with E-state index < -0.39 is 0 Å². The molecule has 1 atom stereocenters. The Morgan fingerprint density at radius 1 is 1.58 bits per heavy atom. The lowest BCUT2D eigenvalue weighted by Gasteiger charge is -2.19. The van der Waals surface area contributed by atoms with Crippen molar-refractivity contribution in [3.8, 4) is 12.3 Å². The molecule has 0 heterocycles. The molecule has 0 aliphatic carbocycles. The molecule has 0 aromatic carbocycles. The fraction of sp³-hybridized carbons (Fsp3) is 0.778. The minimum Gasteiger partial charge on any atom is -0.308 e. The van der Waals surface area contributed by atoms with E-state index in [0.29, 0.717) is 6.04 Å². The molecule has 0 rings (SSSR count). The van der Waals surface area contributed by atoms with Crippen molar-refractivity contribution in [1.82, 2.24) is 10.3 Å². The average molecular weight is 169 g/mol. The van der Waals surface area contributed by atoms with E-state index in [1.165, 1.54) is 0 Å². The van der Waals surface area contributed by atoms with E-state index in [1.54, 1.807) is 0 Å². The zero-order valence-electron chi connectivity index (χ0n) is 8.01. The molecule has 0 amide bonds. The van der Waals surface area contributed by atoms with Crippen molar-refractivity contribution in [2.24, 2.45) is 5.84 Å². The van der Waals surface area contributed by atoms with Crippen LogP contribution in [0.4, 0.5) is 0 Å². The standard InChI is InChI=1S/C9H19N3/c1-4-5-6-7-9(11-10)8-12(2)3/h1,9,11H,5-8,10H2,2-3H3. The molecule has 0 aromatic rings. The quantitative estimate of drug-likeness (QED) is 0.258. The topological polar surface area (TPSA) is 41.3 Å². The molecule has 3 N–H and O–H groups in total. The summed E-state index contributed by atoms with van der Waals surface area (Å²) < 4.78 is 0. The van der Waals surface area contributed by atoms with Gasteiger partial charge in [0.05, 0.1) is 0 Å². The first-order chi connectivity index (χ1) is 5.70. The maximum atomic E-state index is 5.37. The Morgan fingerprint density at radius 3 is 2.67 bits per heavy atom. The fourth-order valence-corrected chi connectivity index (χ4v) is 1.12. The Bertz CT molecular complexity index is 137. The van der Waals surface area contributed by atoms with E-state index in [-0.39, 0.29) is 0 Å². The first-order valence-electron chi connectivity index (χ1n) is 4.25. The van der Waals surface area contributed by atoms with Gasteiger partial charge in [0, 0.05) is 19.0 Å². The summed E-state index contributed by atoms with van der Waals surface area (Å²) in [6.45, 7) is 0.959. The van der Waals surface area contributed by atoms with Gasteiger partial charge in [-0.15, -0.1) is 12.3 Å². The van der Waals surface area contributed by atoms with E-state index in [1.807, 2.05) is 14.1 Å². The second-order valence-electron chi connectivity index (χ2n) is 3.22. The predicted molar refractivity (Wildman–Crippen MR) is 52.3 cm³/mol. The Labute approximate surface area is 75.3 Å². The van der Waals surface area contributed by atoms with Gasteiger partial charge in [-0.3, -0.25) is 11.3 Å². The van der Waals surface area contributed by atoms with Crippen molar-refractivity contribution < 1.29 is 0 Å². The molecule has 0 radical (unpaired) electrons. The third-order valence-electron chi connectivity index (χ3n) is 1.69.